The van der Waals surface area contributed by atoms with Crippen molar-refractivity contribution in [3.8, 4) is 0 Å². The zero-order valence-corrected chi connectivity index (χ0v) is 15.5. The molecule has 0 saturated heterocycles. The summed E-state index contributed by atoms with van der Waals surface area (Å²) >= 11 is 30.6. The molecule has 1 aliphatic rings. The number of unbranched alkanes of at least 4 members (excludes halogenated alkanes) is 7. The molecule has 0 bridgehead atoms. The van der Waals surface area contributed by atoms with Crippen LogP contribution in [0.4, 0.5) is 0 Å². The third-order valence-electron chi connectivity index (χ3n) is 3.59. The lowest BCUT2D eigenvalue weighted by atomic mass is 10.0. The van der Waals surface area contributed by atoms with Crippen LogP contribution >= 0.6 is 58.0 Å². The largest absolute Gasteiger partial charge is 0.177 e. The molecule has 0 saturated carbocycles. The van der Waals surface area contributed by atoms with E-state index in [2.05, 4.69) is 6.92 Å². The van der Waals surface area contributed by atoms with Crippen LogP contribution in [0.2, 0.25) is 0 Å². The van der Waals surface area contributed by atoms with Gasteiger partial charge in [-0.3, -0.25) is 0 Å². The summed E-state index contributed by atoms with van der Waals surface area (Å²) in [5.74, 6) is 0. The normalized spacial score (nSPS) is 18.3. The lowest BCUT2D eigenvalue weighted by molar-refractivity contribution is 0.573. The molecule has 0 aromatic carbocycles. The average Bonchev–Trinajstić information content (AvgIpc) is 2.55. The van der Waals surface area contributed by atoms with Crippen LogP contribution in [0.3, 0.4) is 0 Å². The molecular weight excluding hydrogens is 357 g/mol. The van der Waals surface area contributed by atoms with Crippen molar-refractivity contribution in [3.05, 3.63) is 20.7 Å². The van der Waals surface area contributed by atoms with Crippen molar-refractivity contribution >= 4 is 58.0 Å². The molecule has 0 nitrogen and oxygen atoms in total. The number of allylic oxidation sites excluding steroid dienone is 4. The van der Waals surface area contributed by atoms with Gasteiger partial charge in [-0.2, -0.15) is 0 Å². The lowest BCUT2D eigenvalue weighted by Crippen LogP contribution is -2.13. The molecule has 1 aliphatic carbocycles. The van der Waals surface area contributed by atoms with Crippen molar-refractivity contribution in [2.75, 3.05) is 0 Å². The van der Waals surface area contributed by atoms with Gasteiger partial charge < -0.3 is 0 Å². The Bertz CT molecular complexity index is 382. The summed E-state index contributed by atoms with van der Waals surface area (Å²) in [6, 6.07) is 0. The van der Waals surface area contributed by atoms with Gasteiger partial charge in [0, 0.05) is 0 Å². The lowest BCUT2D eigenvalue weighted by Gasteiger charge is -2.18. The average molecular weight is 379 g/mol. The monoisotopic (exact) mass is 376 g/mol. The Morgan fingerprint density at radius 3 is 1.70 bits per heavy atom. The SMILES string of the molecule is CCCCCCCCCCC1=C(Cl)C(Cl)=C(Cl)C1(Cl)Cl. The standard InChI is InChI=1S/C15H21Cl5/c1-2-3-4-5-6-7-8-9-10-11-12(16)13(17)14(18)15(11,19)20/h2-10H2,1H3. The molecule has 0 amide bonds. The zero-order chi connectivity index (χ0) is 15.2. The van der Waals surface area contributed by atoms with E-state index in [1.54, 1.807) is 0 Å². The van der Waals surface area contributed by atoms with Gasteiger partial charge >= 0.3 is 0 Å². The fraction of sp³-hybridized carbons (Fsp3) is 0.733. The minimum absolute atomic E-state index is 0.224. The van der Waals surface area contributed by atoms with E-state index >= 15 is 0 Å². The Hall–Kier alpha value is 0.930. The molecule has 0 unspecified atom stereocenters. The molecule has 0 radical (unpaired) electrons. The summed E-state index contributed by atoms with van der Waals surface area (Å²) in [4.78, 5) is 0. The summed E-state index contributed by atoms with van der Waals surface area (Å²) < 4.78 is -1.24. The highest BCUT2D eigenvalue weighted by Crippen LogP contribution is 2.53. The van der Waals surface area contributed by atoms with E-state index in [0.717, 1.165) is 24.8 Å². The quantitative estimate of drug-likeness (QED) is 0.283. The van der Waals surface area contributed by atoms with Gasteiger partial charge in [0.05, 0.1) is 15.1 Å². The smallest absolute Gasteiger partial charge is 0.0902 e. The molecule has 5 heteroatoms. The van der Waals surface area contributed by atoms with Crippen molar-refractivity contribution < 1.29 is 0 Å². The van der Waals surface area contributed by atoms with Crippen LogP contribution in [-0.2, 0) is 0 Å². The van der Waals surface area contributed by atoms with Crippen LogP contribution in [0.1, 0.15) is 64.7 Å². The number of alkyl halides is 2. The highest BCUT2D eigenvalue weighted by Gasteiger charge is 2.42. The molecule has 0 aromatic rings. The second kappa shape index (κ2) is 9.16. The summed E-state index contributed by atoms with van der Waals surface area (Å²) in [7, 11) is 0. The summed E-state index contributed by atoms with van der Waals surface area (Å²) in [6.07, 6.45) is 10.7. The van der Waals surface area contributed by atoms with Gasteiger partial charge in [-0.15, -0.1) is 0 Å². The van der Waals surface area contributed by atoms with E-state index in [9.17, 15) is 0 Å². The van der Waals surface area contributed by atoms with Gasteiger partial charge in [-0.05, 0) is 18.4 Å². The van der Waals surface area contributed by atoms with Crippen LogP contribution in [0.15, 0.2) is 20.7 Å². The molecule has 0 aliphatic heterocycles. The molecule has 0 heterocycles. The summed E-state index contributed by atoms with van der Waals surface area (Å²) in [5.41, 5.74) is 0.739. The third-order valence-corrected chi connectivity index (χ3v) is 6.07. The second-order valence-corrected chi connectivity index (χ2v) is 7.68. The topological polar surface area (TPSA) is 0 Å². The molecule has 0 atom stereocenters. The summed E-state index contributed by atoms with van der Waals surface area (Å²) in [6.45, 7) is 2.23. The number of hydrogen-bond acceptors (Lipinski definition) is 0. The van der Waals surface area contributed by atoms with Crippen LogP contribution in [0.25, 0.3) is 0 Å². The molecule has 1 rings (SSSR count). The minimum atomic E-state index is -1.24. The Morgan fingerprint density at radius 2 is 1.25 bits per heavy atom. The van der Waals surface area contributed by atoms with E-state index in [1.807, 2.05) is 0 Å². The van der Waals surface area contributed by atoms with Gasteiger partial charge in [0.2, 0.25) is 0 Å². The van der Waals surface area contributed by atoms with Crippen molar-refractivity contribution in [2.24, 2.45) is 0 Å². The molecule has 0 fully saturated rings. The van der Waals surface area contributed by atoms with Crippen LogP contribution in [-0.4, -0.2) is 4.33 Å². The highest BCUT2D eigenvalue weighted by atomic mass is 35.5. The van der Waals surface area contributed by atoms with Crippen molar-refractivity contribution in [2.45, 2.75) is 69.0 Å². The van der Waals surface area contributed by atoms with E-state index < -0.39 is 4.33 Å². The van der Waals surface area contributed by atoms with Gasteiger partial charge in [-0.25, -0.2) is 0 Å². The summed E-state index contributed by atoms with van der Waals surface area (Å²) in [5, 5.41) is 0.930. The Labute approximate surface area is 147 Å². The Balaban J connectivity index is 2.26. The first-order valence-corrected chi connectivity index (χ1v) is 9.15. The van der Waals surface area contributed by atoms with E-state index in [4.69, 9.17) is 58.0 Å². The van der Waals surface area contributed by atoms with Gasteiger partial charge in [0.25, 0.3) is 0 Å². The van der Waals surface area contributed by atoms with Gasteiger partial charge in [-0.1, -0.05) is 110 Å². The first kappa shape index (κ1) is 19.0. The number of rotatable bonds is 9. The Morgan fingerprint density at radius 1 is 0.750 bits per heavy atom. The van der Waals surface area contributed by atoms with Crippen LogP contribution in [0, 0.1) is 0 Å². The number of hydrogen-bond donors (Lipinski definition) is 0. The second-order valence-electron chi connectivity index (χ2n) is 5.22. The highest BCUT2D eigenvalue weighted by molar-refractivity contribution is 6.63. The minimum Gasteiger partial charge on any atom is -0.0902 e. The van der Waals surface area contributed by atoms with Crippen LogP contribution < -0.4 is 0 Å². The molecule has 20 heavy (non-hydrogen) atoms. The van der Waals surface area contributed by atoms with Gasteiger partial charge in [0.1, 0.15) is 0 Å². The van der Waals surface area contributed by atoms with Crippen molar-refractivity contribution in [1.29, 1.82) is 0 Å². The van der Waals surface area contributed by atoms with Crippen molar-refractivity contribution in [3.63, 3.8) is 0 Å². The zero-order valence-electron chi connectivity index (χ0n) is 11.8. The fourth-order valence-corrected chi connectivity index (χ4v) is 3.94. The predicted octanol–water partition coefficient (Wildman–Crippen LogP) is 7.89. The van der Waals surface area contributed by atoms with E-state index in [-0.39, 0.29) is 10.1 Å². The first-order valence-electron chi connectivity index (χ1n) is 7.26. The first-order chi connectivity index (χ1) is 9.42. The fourth-order valence-electron chi connectivity index (χ4n) is 2.34. The number of halogens is 5. The van der Waals surface area contributed by atoms with E-state index in [1.165, 1.54) is 38.5 Å². The van der Waals surface area contributed by atoms with Gasteiger partial charge in [0.15, 0.2) is 4.33 Å². The molecule has 0 N–H and O–H groups in total. The molecule has 116 valence electrons. The van der Waals surface area contributed by atoms with Crippen molar-refractivity contribution in [1.82, 2.24) is 0 Å². The van der Waals surface area contributed by atoms with Crippen LogP contribution in [0.5, 0.6) is 0 Å². The maximum atomic E-state index is 6.22. The Kier molecular flexibility index (Phi) is 8.69. The molecule has 0 spiro atoms. The predicted molar refractivity (Wildman–Crippen MR) is 93.3 cm³/mol. The maximum absolute atomic E-state index is 6.22. The maximum Gasteiger partial charge on any atom is 0.177 e. The molecular formula is C15H21Cl5. The third kappa shape index (κ3) is 4.99. The molecule has 0 aromatic heterocycles. The van der Waals surface area contributed by atoms with E-state index in [0.29, 0.717) is 5.03 Å².